The van der Waals surface area contributed by atoms with E-state index in [1.807, 2.05) is 0 Å². The van der Waals surface area contributed by atoms with E-state index < -0.39 is 30.2 Å². The Bertz CT molecular complexity index is 1260. The molecule has 8 nitrogen and oxygen atoms in total. The third-order valence-electron chi connectivity index (χ3n) is 5.17. The zero-order valence-corrected chi connectivity index (χ0v) is 16.9. The molecule has 3 aromatic rings. The van der Waals surface area contributed by atoms with Gasteiger partial charge in [0, 0.05) is 12.6 Å². The highest BCUT2D eigenvalue weighted by Crippen LogP contribution is 2.44. The largest absolute Gasteiger partial charge is 0.496 e. The molecule has 1 N–H and O–H groups in total. The Morgan fingerprint density at radius 2 is 1.94 bits per heavy atom. The highest BCUT2D eigenvalue weighted by Gasteiger charge is 2.51. The molecule has 0 bridgehead atoms. The van der Waals surface area contributed by atoms with Crippen molar-refractivity contribution in [2.75, 3.05) is 12.0 Å². The number of nitrogens with zero attached hydrogens (tertiary/aromatic N) is 3. The van der Waals surface area contributed by atoms with Crippen LogP contribution < -0.4 is 19.9 Å². The number of amides is 1. The summed E-state index contributed by atoms with van der Waals surface area (Å²) in [5, 5.41) is 10.2. The number of hydrogen-bond donors (Lipinski definition) is 1. The summed E-state index contributed by atoms with van der Waals surface area (Å²) >= 11 is 0. The molecule has 0 saturated heterocycles. The van der Waals surface area contributed by atoms with Crippen molar-refractivity contribution >= 4 is 22.5 Å². The van der Waals surface area contributed by atoms with Gasteiger partial charge >= 0.3 is 12.0 Å². The molecule has 1 aliphatic heterocycles. The number of aliphatic hydroxyl groups is 1. The molecule has 4 rings (SSSR count). The van der Waals surface area contributed by atoms with Gasteiger partial charge in [0.1, 0.15) is 17.0 Å². The van der Waals surface area contributed by atoms with Crippen LogP contribution in [0.3, 0.4) is 0 Å². The van der Waals surface area contributed by atoms with E-state index in [4.69, 9.17) is 4.74 Å². The standard InChI is InChI=1S/C21H19F2N3O5/c1-11(27)12-6-4-8-14-18(12)31-21(22,23)20(29)26(14)10-16-24-13-7-5-9-15(30-3)17(13)19(28)25(16)2/h4-9,11,27H,10H2,1-3H3/t11-/m0/s1. The maximum Gasteiger partial charge on any atom is 0.483 e. The molecule has 162 valence electrons. The third-order valence-corrected chi connectivity index (χ3v) is 5.17. The molecule has 1 amide bonds. The average molecular weight is 431 g/mol. The first-order valence-corrected chi connectivity index (χ1v) is 9.38. The van der Waals surface area contributed by atoms with Crippen LogP contribution in [0.1, 0.15) is 24.4 Å². The fourth-order valence-corrected chi connectivity index (χ4v) is 3.57. The first-order valence-electron chi connectivity index (χ1n) is 9.38. The minimum Gasteiger partial charge on any atom is -0.496 e. The van der Waals surface area contributed by atoms with Gasteiger partial charge in [-0.15, -0.1) is 0 Å². The molecule has 2 heterocycles. The predicted octanol–water partition coefficient (Wildman–Crippen LogP) is 2.51. The first kappa shape index (κ1) is 20.7. The van der Waals surface area contributed by atoms with Gasteiger partial charge in [-0.25, -0.2) is 4.98 Å². The normalized spacial score (nSPS) is 16.1. The number of halogens is 2. The molecule has 10 heteroatoms. The van der Waals surface area contributed by atoms with Crippen LogP contribution in [-0.4, -0.2) is 33.8 Å². The van der Waals surface area contributed by atoms with E-state index in [1.54, 1.807) is 18.2 Å². The van der Waals surface area contributed by atoms with Crippen LogP contribution >= 0.6 is 0 Å². The van der Waals surface area contributed by atoms with Gasteiger partial charge in [-0.05, 0) is 25.1 Å². The minimum atomic E-state index is -4.14. The number of ether oxygens (including phenoxy) is 2. The number of anilines is 1. The maximum atomic E-state index is 14.4. The monoisotopic (exact) mass is 431 g/mol. The number of carbonyl (C=O) groups excluding carboxylic acids is 1. The second-order valence-corrected chi connectivity index (χ2v) is 7.13. The van der Waals surface area contributed by atoms with Gasteiger partial charge in [-0.2, -0.15) is 8.78 Å². The highest BCUT2D eigenvalue weighted by molar-refractivity contribution is 6.01. The summed E-state index contributed by atoms with van der Waals surface area (Å²) in [4.78, 5) is 30.6. The minimum absolute atomic E-state index is 0.0503. The Labute approximate surface area is 175 Å². The van der Waals surface area contributed by atoms with Crippen LogP contribution in [-0.2, 0) is 18.4 Å². The zero-order chi connectivity index (χ0) is 22.5. The van der Waals surface area contributed by atoms with Crippen LogP contribution in [0, 0.1) is 0 Å². The molecule has 0 unspecified atom stereocenters. The van der Waals surface area contributed by atoms with Crippen molar-refractivity contribution in [1.82, 2.24) is 9.55 Å². The van der Waals surface area contributed by atoms with E-state index in [9.17, 15) is 23.5 Å². The Kier molecular flexibility index (Phi) is 4.89. The lowest BCUT2D eigenvalue weighted by Gasteiger charge is -2.34. The fourth-order valence-electron chi connectivity index (χ4n) is 3.57. The molecule has 0 radical (unpaired) electrons. The van der Waals surface area contributed by atoms with E-state index in [0.717, 1.165) is 4.90 Å². The number of methoxy groups -OCH3 is 1. The molecule has 31 heavy (non-hydrogen) atoms. The van der Waals surface area contributed by atoms with Crippen molar-refractivity contribution in [3.05, 3.63) is 58.1 Å². The van der Waals surface area contributed by atoms with Crippen LogP contribution in [0.4, 0.5) is 14.5 Å². The second kappa shape index (κ2) is 7.31. The molecular formula is C21H19F2N3O5. The Balaban J connectivity index is 1.88. The number of aromatic nitrogens is 2. The molecular weight excluding hydrogens is 412 g/mol. The van der Waals surface area contributed by atoms with Gasteiger partial charge in [0.05, 0.1) is 31.0 Å². The van der Waals surface area contributed by atoms with Gasteiger partial charge in [-0.1, -0.05) is 18.2 Å². The number of benzene rings is 2. The summed E-state index contributed by atoms with van der Waals surface area (Å²) in [6.07, 6.45) is -5.24. The number of aliphatic hydroxyl groups excluding tert-OH is 1. The summed E-state index contributed by atoms with van der Waals surface area (Å²) in [6, 6.07) is 9.24. The highest BCUT2D eigenvalue weighted by atomic mass is 19.3. The number of carbonyl (C=O) groups is 1. The lowest BCUT2D eigenvalue weighted by molar-refractivity contribution is -0.193. The van der Waals surface area contributed by atoms with E-state index in [1.165, 1.54) is 43.8 Å². The van der Waals surface area contributed by atoms with Crippen LogP contribution in [0.25, 0.3) is 10.9 Å². The Hall–Kier alpha value is -3.53. The molecule has 0 spiro atoms. The summed E-state index contributed by atoms with van der Waals surface area (Å²) in [6.45, 7) is 0.993. The van der Waals surface area contributed by atoms with E-state index in [0.29, 0.717) is 11.3 Å². The van der Waals surface area contributed by atoms with Crippen LogP contribution in [0.5, 0.6) is 11.5 Å². The quantitative estimate of drug-likeness (QED) is 0.682. The molecule has 1 atom stereocenters. The maximum absolute atomic E-state index is 14.4. The summed E-state index contributed by atoms with van der Waals surface area (Å²) < 4.78 is 39.9. The smallest absolute Gasteiger partial charge is 0.483 e. The van der Waals surface area contributed by atoms with Gasteiger partial charge in [0.15, 0.2) is 5.75 Å². The molecule has 1 aromatic heterocycles. The van der Waals surface area contributed by atoms with Crippen molar-refractivity contribution in [2.24, 2.45) is 7.05 Å². The zero-order valence-electron chi connectivity index (χ0n) is 16.9. The van der Waals surface area contributed by atoms with Crippen molar-refractivity contribution in [2.45, 2.75) is 25.7 Å². The van der Waals surface area contributed by atoms with Crippen LogP contribution in [0.2, 0.25) is 0 Å². The Morgan fingerprint density at radius 1 is 1.23 bits per heavy atom. The van der Waals surface area contributed by atoms with E-state index >= 15 is 0 Å². The number of hydrogen-bond acceptors (Lipinski definition) is 6. The second-order valence-electron chi connectivity index (χ2n) is 7.13. The predicted molar refractivity (Wildman–Crippen MR) is 107 cm³/mol. The van der Waals surface area contributed by atoms with Crippen molar-refractivity contribution in [3.63, 3.8) is 0 Å². The lowest BCUT2D eigenvalue weighted by atomic mass is 10.1. The molecule has 0 aliphatic carbocycles. The third kappa shape index (κ3) is 3.28. The Morgan fingerprint density at radius 3 is 2.61 bits per heavy atom. The van der Waals surface area contributed by atoms with Crippen molar-refractivity contribution in [3.8, 4) is 11.5 Å². The molecule has 1 aliphatic rings. The summed E-state index contributed by atoms with van der Waals surface area (Å²) in [7, 11) is 2.86. The van der Waals surface area contributed by atoms with Gasteiger partial charge in [-0.3, -0.25) is 19.1 Å². The lowest BCUT2D eigenvalue weighted by Crippen LogP contribution is -2.51. The topological polar surface area (TPSA) is 93.9 Å². The van der Waals surface area contributed by atoms with Crippen molar-refractivity contribution < 1.29 is 28.2 Å². The number of para-hydroxylation sites is 1. The number of alkyl halides is 2. The average Bonchev–Trinajstić information content (AvgIpc) is 2.73. The first-order chi connectivity index (χ1) is 14.7. The summed E-state index contributed by atoms with van der Waals surface area (Å²) in [5.41, 5.74) is 0.0276. The summed E-state index contributed by atoms with van der Waals surface area (Å²) in [5.74, 6) is -1.47. The van der Waals surface area contributed by atoms with Gasteiger partial charge < -0.3 is 14.6 Å². The fraction of sp³-hybridized carbons (Fsp3) is 0.286. The molecule has 0 saturated carbocycles. The van der Waals surface area contributed by atoms with E-state index in [-0.39, 0.29) is 28.2 Å². The van der Waals surface area contributed by atoms with Crippen molar-refractivity contribution in [1.29, 1.82) is 0 Å². The van der Waals surface area contributed by atoms with Gasteiger partial charge in [0.25, 0.3) is 5.56 Å². The van der Waals surface area contributed by atoms with Gasteiger partial charge in [0.2, 0.25) is 0 Å². The SMILES string of the molecule is COc1cccc2nc(CN3C(=O)C(F)(F)Oc4c([C@H](C)O)cccc43)n(C)c(=O)c12. The molecule has 0 fully saturated rings. The molecule has 2 aromatic carbocycles. The van der Waals surface area contributed by atoms with E-state index in [2.05, 4.69) is 9.72 Å². The van der Waals surface area contributed by atoms with Crippen LogP contribution in [0.15, 0.2) is 41.2 Å². The number of rotatable bonds is 4. The number of fused-ring (bicyclic) bond motifs is 2.